The molecule has 0 fully saturated rings. The van der Waals surface area contributed by atoms with Crippen LogP contribution in [-0.4, -0.2) is 26.8 Å². The summed E-state index contributed by atoms with van der Waals surface area (Å²) < 4.78 is 25.4. The topological polar surface area (TPSA) is 63.4 Å². The maximum atomic E-state index is 12.1. The van der Waals surface area contributed by atoms with Crippen LogP contribution in [-0.2, 0) is 15.8 Å². The Morgan fingerprint density at radius 2 is 1.76 bits per heavy atom. The molecule has 0 atom stereocenters. The van der Waals surface area contributed by atoms with Crippen molar-refractivity contribution in [1.82, 2.24) is 4.31 Å². The lowest BCUT2D eigenvalue weighted by atomic mass is 10.2. The molecule has 0 heterocycles. The van der Waals surface area contributed by atoms with Gasteiger partial charge in [0.2, 0.25) is 10.0 Å². The van der Waals surface area contributed by atoms with E-state index in [0.717, 1.165) is 16.1 Å². The highest BCUT2D eigenvalue weighted by atomic mass is 32.2. The molecule has 0 bridgehead atoms. The van der Waals surface area contributed by atoms with Crippen molar-refractivity contribution >= 4 is 27.5 Å². The third-order valence-corrected chi connectivity index (χ3v) is 5.86. The third kappa shape index (κ3) is 4.00. The Labute approximate surface area is 130 Å². The summed E-state index contributed by atoms with van der Waals surface area (Å²) in [6, 6.07) is 14.7. The van der Waals surface area contributed by atoms with Gasteiger partial charge in [0.05, 0.1) is 4.90 Å². The van der Waals surface area contributed by atoms with E-state index < -0.39 is 10.0 Å². The van der Waals surface area contributed by atoms with Crippen molar-refractivity contribution in [2.24, 2.45) is 0 Å². The molecule has 0 aliphatic heterocycles. The molecular formula is C15H18N2O2S2. The molecular weight excluding hydrogens is 304 g/mol. The van der Waals surface area contributed by atoms with Gasteiger partial charge in [0.25, 0.3) is 0 Å². The Bertz CT molecular complexity index is 711. The molecule has 112 valence electrons. The third-order valence-electron chi connectivity index (χ3n) is 2.96. The van der Waals surface area contributed by atoms with Crippen molar-refractivity contribution in [3.05, 3.63) is 54.1 Å². The van der Waals surface area contributed by atoms with Gasteiger partial charge in [0.15, 0.2) is 0 Å². The molecule has 0 aromatic heterocycles. The fraction of sp³-hybridized carbons (Fsp3) is 0.200. The van der Waals surface area contributed by atoms with Gasteiger partial charge in [-0.05, 0) is 42.0 Å². The molecule has 2 N–H and O–H groups in total. The minimum absolute atomic E-state index is 0.322. The smallest absolute Gasteiger partial charge is 0.242 e. The summed E-state index contributed by atoms with van der Waals surface area (Å²) in [6.45, 7) is 0. The summed E-state index contributed by atoms with van der Waals surface area (Å²) in [5.41, 5.74) is 7.36. The Morgan fingerprint density at radius 1 is 1.10 bits per heavy atom. The van der Waals surface area contributed by atoms with E-state index in [0.29, 0.717) is 10.6 Å². The molecule has 2 aromatic carbocycles. The lowest BCUT2D eigenvalue weighted by molar-refractivity contribution is 0.520. The molecule has 0 saturated carbocycles. The van der Waals surface area contributed by atoms with E-state index in [4.69, 9.17) is 5.73 Å². The van der Waals surface area contributed by atoms with Gasteiger partial charge in [0, 0.05) is 30.4 Å². The van der Waals surface area contributed by atoms with E-state index in [1.165, 1.54) is 18.4 Å². The van der Waals surface area contributed by atoms with Crippen molar-refractivity contribution in [3.8, 4) is 0 Å². The predicted molar refractivity (Wildman–Crippen MR) is 87.7 cm³/mol. The van der Waals surface area contributed by atoms with E-state index in [1.54, 1.807) is 30.0 Å². The van der Waals surface area contributed by atoms with E-state index in [1.807, 2.05) is 30.3 Å². The number of nitrogens with zero attached hydrogens (tertiary/aromatic N) is 1. The Morgan fingerprint density at radius 3 is 2.38 bits per heavy atom. The van der Waals surface area contributed by atoms with Gasteiger partial charge >= 0.3 is 0 Å². The minimum Gasteiger partial charge on any atom is -0.399 e. The van der Waals surface area contributed by atoms with Crippen molar-refractivity contribution in [3.63, 3.8) is 0 Å². The number of benzene rings is 2. The molecule has 0 saturated heterocycles. The molecule has 2 aromatic rings. The normalized spacial score (nSPS) is 11.8. The van der Waals surface area contributed by atoms with Gasteiger partial charge in [-0.25, -0.2) is 12.7 Å². The quantitative estimate of drug-likeness (QED) is 0.679. The zero-order chi connectivity index (χ0) is 15.5. The molecule has 0 aliphatic rings. The molecule has 0 radical (unpaired) electrons. The fourth-order valence-corrected chi connectivity index (χ4v) is 3.55. The van der Waals surface area contributed by atoms with Crippen LogP contribution in [0.4, 0.5) is 5.69 Å². The number of rotatable bonds is 5. The maximum absolute atomic E-state index is 12.1. The lowest BCUT2D eigenvalue weighted by Crippen LogP contribution is -2.22. The van der Waals surface area contributed by atoms with E-state index in [9.17, 15) is 8.42 Å². The van der Waals surface area contributed by atoms with Crippen LogP contribution in [0.3, 0.4) is 0 Å². The molecule has 0 aliphatic carbocycles. The highest BCUT2D eigenvalue weighted by Gasteiger charge is 2.17. The first-order valence-electron chi connectivity index (χ1n) is 6.39. The van der Waals surface area contributed by atoms with Crippen LogP contribution in [0.5, 0.6) is 0 Å². The highest BCUT2D eigenvalue weighted by molar-refractivity contribution is 7.98. The summed E-state index contributed by atoms with van der Waals surface area (Å²) in [6.07, 6.45) is 0. The average Bonchev–Trinajstić information content (AvgIpc) is 2.47. The van der Waals surface area contributed by atoms with Crippen molar-refractivity contribution in [2.45, 2.75) is 15.5 Å². The fourth-order valence-electron chi connectivity index (χ4n) is 1.74. The van der Waals surface area contributed by atoms with Gasteiger partial charge in [-0.1, -0.05) is 12.1 Å². The van der Waals surface area contributed by atoms with Crippen LogP contribution in [0.15, 0.2) is 58.3 Å². The zero-order valence-corrected chi connectivity index (χ0v) is 13.6. The standard InChI is InChI=1S/C15H18N2O2S2/c1-17(2)21(18,19)15-5-3-4-12(10-15)11-20-14-8-6-13(16)7-9-14/h3-10H,11,16H2,1-2H3. The van der Waals surface area contributed by atoms with Gasteiger partial charge in [0.1, 0.15) is 0 Å². The molecule has 21 heavy (non-hydrogen) atoms. The Hall–Kier alpha value is -1.50. The molecule has 4 nitrogen and oxygen atoms in total. The van der Waals surface area contributed by atoms with Crippen LogP contribution in [0.1, 0.15) is 5.56 Å². The molecule has 6 heteroatoms. The second-order valence-corrected chi connectivity index (χ2v) is 7.99. The predicted octanol–water partition coefficient (Wildman–Crippen LogP) is 2.81. The van der Waals surface area contributed by atoms with Crippen LogP contribution < -0.4 is 5.73 Å². The van der Waals surface area contributed by atoms with E-state index >= 15 is 0 Å². The largest absolute Gasteiger partial charge is 0.399 e. The number of sulfonamides is 1. The van der Waals surface area contributed by atoms with Gasteiger partial charge < -0.3 is 5.73 Å². The van der Waals surface area contributed by atoms with Crippen molar-refractivity contribution in [1.29, 1.82) is 0 Å². The molecule has 2 rings (SSSR count). The van der Waals surface area contributed by atoms with E-state index in [-0.39, 0.29) is 0 Å². The summed E-state index contributed by atoms with van der Waals surface area (Å²) in [4.78, 5) is 1.42. The molecule has 0 spiro atoms. The number of nitrogen functional groups attached to an aromatic ring is 1. The van der Waals surface area contributed by atoms with Crippen LogP contribution in [0.25, 0.3) is 0 Å². The average molecular weight is 322 g/mol. The Balaban J connectivity index is 2.13. The number of hydrogen-bond acceptors (Lipinski definition) is 4. The molecule has 0 unspecified atom stereocenters. The number of thioether (sulfide) groups is 1. The summed E-state index contributed by atoms with van der Waals surface area (Å²) in [5.74, 6) is 0.709. The second kappa shape index (κ2) is 6.51. The molecule has 0 amide bonds. The first-order chi connectivity index (χ1) is 9.89. The highest BCUT2D eigenvalue weighted by Crippen LogP contribution is 2.25. The monoisotopic (exact) mass is 322 g/mol. The SMILES string of the molecule is CN(C)S(=O)(=O)c1cccc(CSc2ccc(N)cc2)c1. The minimum atomic E-state index is -3.38. The number of hydrogen-bond donors (Lipinski definition) is 1. The summed E-state index contributed by atoms with van der Waals surface area (Å²) in [7, 11) is -0.315. The van der Waals surface area contributed by atoms with Crippen molar-refractivity contribution in [2.75, 3.05) is 19.8 Å². The summed E-state index contributed by atoms with van der Waals surface area (Å²) >= 11 is 1.65. The first-order valence-corrected chi connectivity index (χ1v) is 8.82. The first kappa shape index (κ1) is 15.9. The second-order valence-electron chi connectivity index (χ2n) is 4.79. The van der Waals surface area contributed by atoms with Crippen molar-refractivity contribution < 1.29 is 8.42 Å². The van der Waals surface area contributed by atoms with E-state index in [2.05, 4.69) is 0 Å². The zero-order valence-electron chi connectivity index (χ0n) is 12.0. The number of anilines is 1. The lowest BCUT2D eigenvalue weighted by Gasteiger charge is -2.12. The summed E-state index contributed by atoms with van der Waals surface area (Å²) in [5, 5.41) is 0. The van der Waals surface area contributed by atoms with Crippen LogP contribution >= 0.6 is 11.8 Å². The Kier molecular flexibility index (Phi) is 4.92. The van der Waals surface area contributed by atoms with Crippen LogP contribution in [0, 0.1) is 0 Å². The van der Waals surface area contributed by atoms with Gasteiger partial charge in [-0.2, -0.15) is 0 Å². The van der Waals surface area contributed by atoms with Gasteiger partial charge in [-0.3, -0.25) is 0 Å². The maximum Gasteiger partial charge on any atom is 0.242 e. The number of nitrogens with two attached hydrogens (primary N) is 1. The van der Waals surface area contributed by atoms with Crippen LogP contribution in [0.2, 0.25) is 0 Å². The van der Waals surface area contributed by atoms with Gasteiger partial charge in [-0.15, -0.1) is 11.8 Å².